The first kappa shape index (κ1) is 29.3. The zero-order chi connectivity index (χ0) is 30.3. The minimum Gasteiger partial charge on any atom is -0.507 e. The normalized spacial score (nSPS) is 11.8. The van der Waals surface area contributed by atoms with Crippen molar-refractivity contribution in [2.24, 2.45) is 0 Å². The maximum Gasteiger partial charge on any atom is 0.153 e. The third kappa shape index (κ3) is 4.91. The molecule has 0 radical (unpaired) electrons. The molecule has 0 fully saturated rings. The van der Waals surface area contributed by atoms with Crippen molar-refractivity contribution >= 4 is 18.9 Å². The number of aryl methyl sites for hydroxylation is 3. The number of hydrogen-bond donors (Lipinski definition) is 3. The molecule has 0 aliphatic heterocycles. The Balaban J connectivity index is 1.94. The van der Waals surface area contributed by atoms with Crippen LogP contribution >= 0.6 is 0 Å². The third-order valence-electron chi connectivity index (χ3n) is 8.43. The van der Waals surface area contributed by atoms with E-state index in [1.807, 2.05) is 63.2 Å². The third-order valence-corrected chi connectivity index (χ3v) is 8.43. The van der Waals surface area contributed by atoms with Crippen molar-refractivity contribution < 1.29 is 29.7 Å². The van der Waals surface area contributed by atoms with E-state index in [2.05, 4.69) is 0 Å². The van der Waals surface area contributed by atoms with Crippen molar-refractivity contribution in [3.05, 3.63) is 122 Å². The summed E-state index contributed by atoms with van der Waals surface area (Å²) < 4.78 is 0. The number of benzene rings is 4. The quantitative estimate of drug-likeness (QED) is 0.163. The number of hydrogen-bond acceptors (Lipinski definition) is 6. The zero-order valence-corrected chi connectivity index (χ0v) is 24.1. The molecule has 0 aliphatic carbocycles. The molecule has 4 aromatic rings. The van der Waals surface area contributed by atoms with Crippen LogP contribution in [0.15, 0.2) is 60.7 Å². The van der Waals surface area contributed by atoms with Gasteiger partial charge in [0.15, 0.2) is 18.9 Å². The van der Waals surface area contributed by atoms with Gasteiger partial charge in [-0.3, -0.25) is 14.4 Å². The number of phenolic OH excluding ortho intramolecular Hbond substituents is 3. The molecule has 0 aromatic heterocycles. The van der Waals surface area contributed by atoms with E-state index >= 15 is 0 Å². The molecule has 210 valence electrons. The van der Waals surface area contributed by atoms with Crippen LogP contribution in [0.1, 0.15) is 96.4 Å². The molecular weight excluding hydrogens is 516 g/mol. The van der Waals surface area contributed by atoms with Gasteiger partial charge in [-0.15, -0.1) is 0 Å². The molecule has 0 heterocycles. The summed E-state index contributed by atoms with van der Waals surface area (Å²) in [5, 5.41) is 31.1. The van der Waals surface area contributed by atoms with Gasteiger partial charge in [-0.1, -0.05) is 56.3 Å². The average molecular weight is 551 g/mol. The highest BCUT2D eigenvalue weighted by atomic mass is 16.3. The van der Waals surface area contributed by atoms with E-state index in [0.717, 1.165) is 27.8 Å². The van der Waals surface area contributed by atoms with Crippen LogP contribution in [0.4, 0.5) is 0 Å². The van der Waals surface area contributed by atoms with Gasteiger partial charge in [-0.05, 0) is 90.4 Å². The fourth-order valence-electron chi connectivity index (χ4n) is 5.52. The number of aldehydes is 3. The van der Waals surface area contributed by atoms with E-state index in [9.17, 15) is 29.7 Å². The number of carbonyl (C=O) groups excluding carboxylic acids is 3. The number of carbonyl (C=O) groups is 3. The highest BCUT2D eigenvalue weighted by molar-refractivity contribution is 5.83. The van der Waals surface area contributed by atoms with Gasteiger partial charge in [-0.2, -0.15) is 0 Å². The van der Waals surface area contributed by atoms with Gasteiger partial charge in [0.2, 0.25) is 0 Å². The van der Waals surface area contributed by atoms with Gasteiger partial charge in [-0.25, -0.2) is 0 Å². The first-order valence-corrected chi connectivity index (χ1v) is 13.3. The maximum atomic E-state index is 11.8. The van der Waals surface area contributed by atoms with Crippen molar-refractivity contribution in [3.63, 3.8) is 0 Å². The van der Waals surface area contributed by atoms with Crippen LogP contribution in [0.5, 0.6) is 17.2 Å². The van der Waals surface area contributed by atoms with Crippen LogP contribution < -0.4 is 0 Å². The van der Waals surface area contributed by atoms with Gasteiger partial charge in [0, 0.05) is 10.8 Å². The molecule has 6 nitrogen and oxygen atoms in total. The fraction of sp³-hybridized carbons (Fsp3) is 0.229. The first-order chi connectivity index (χ1) is 19.3. The summed E-state index contributed by atoms with van der Waals surface area (Å²) in [7, 11) is 0. The molecule has 0 aliphatic rings. The summed E-state index contributed by atoms with van der Waals surface area (Å²) in [6.07, 6.45) is 1.88. The van der Waals surface area contributed by atoms with E-state index in [1.54, 1.807) is 39.0 Å². The van der Waals surface area contributed by atoms with Crippen LogP contribution in [0, 0.1) is 20.8 Å². The zero-order valence-electron chi connectivity index (χ0n) is 24.1. The molecule has 0 unspecified atom stereocenters. The summed E-state index contributed by atoms with van der Waals surface area (Å²) in [5.41, 5.74) is 5.01. The summed E-state index contributed by atoms with van der Waals surface area (Å²) >= 11 is 0. The van der Waals surface area contributed by atoms with E-state index in [0.29, 0.717) is 35.5 Å². The maximum absolute atomic E-state index is 11.8. The summed E-state index contributed by atoms with van der Waals surface area (Å²) in [5.74, 6) is -0.196. The Morgan fingerprint density at radius 2 is 0.805 bits per heavy atom. The monoisotopic (exact) mass is 550 g/mol. The Hall–Kier alpha value is -4.71. The molecule has 0 saturated heterocycles. The molecule has 41 heavy (non-hydrogen) atoms. The second-order valence-corrected chi connectivity index (χ2v) is 11.4. The summed E-state index contributed by atoms with van der Waals surface area (Å²) in [6.45, 7) is 11.3. The van der Waals surface area contributed by atoms with Gasteiger partial charge in [0.05, 0.1) is 16.7 Å². The van der Waals surface area contributed by atoms with Crippen molar-refractivity contribution in [2.45, 2.75) is 52.4 Å². The van der Waals surface area contributed by atoms with Crippen LogP contribution in [0.25, 0.3) is 0 Å². The molecule has 6 heteroatoms. The van der Waals surface area contributed by atoms with Crippen molar-refractivity contribution in [1.82, 2.24) is 0 Å². The van der Waals surface area contributed by atoms with Crippen molar-refractivity contribution in [3.8, 4) is 17.2 Å². The van der Waals surface area contributed by atoms with Gasteiger partial charge < -0.3 is 15.3 Å². The number of phenols is 3. The predicted octanol–water partition coefficient (Wildman–Crippen LogP) is 6.85. The Kier molecular flexibility index (Phi) is 7.64. The largest absolute Gasteiger partial charge is 0.507 e. The Morgan fingerprint density at radius 3 is 1.17 bits per heavy atom. The lowest BCUT2D eigenvalue weighted by atomic mass is 9.69. The molecule has 4 aromatic carbocycles. The molecule has 0 amide bonds. The standard InChI is InChI=1S/C35H34O6/c1-20-11-28(14-23(17-36)31(20)39)34(4,5)26-7-9-27(10-8-26)35(6,29-12-21(2)32(40)24(15-29)18-37)30-13-22(3)33(41)25(16-30)19-38/h7-19,39-41H,1-6H3. The van der Waals surface area contributed by atoms with Crippen LogP contribution in [0.3, 0.4) is 0 Å². The lowest BCUT2D eigenvalue weighted by Crippen LogP contribution is -2.27. The molecule has 0 atom stereocenters. The summed E-state index contributed by atoms with van der Waals surface area (Å²) in [6, 6.07) is 18.5. The highest BCUT2D eigenvalue weighted by Crippen LogP contribution is 2.44. The second kappa shape index (κ2) is 10.7. The van der Waals surface area contributed by atoms with Crippen LogP contribution in [0.2, 0.25) is 0 Å². The van der Waals surface area contributed by atoms with Gasteiger partial charge in [0.25, 0.3) is 0 Å². The topological polar surface area (TPSA) is 112 Å². The van der Waals surface area contributed by atoms with Gasteiger partial charge in [0.1, 0.15) is 17.2 Å². The van der Waals surface area contributed by atoms with E-state index in [1.165, 1.54) is 0 Å². The predicted molar refractivity (Wildman–Crippen MR) is 159 cm³/mol. The van der Waals surface area contributed by atoms with Crippen molar-refractivity contribution in [2.75, 3.05) is 0 Å². The smallest absolute Gasteiger partial charge is 0.153 e. The summed E-state index contributed by atoms with van der Waals surface area (Å²) in [4.78, 5) is 35.2. The number of aromatic hydroxyl groups is 3. The van der Waals surface area contributed by atoms with E-state index < -0.39 is 10.8 Å². The molecule has 3 N–H and O–H groups in total. The van der Waals surface area contributed by atoms with Crippen LogP contribution in [-0.4, -0.2) is 34.2 Å². The van der Waals surface area contributed by atoms with Crippen molar-refractivity contribution in [1.29, 1.82) is 0 Å². The Morgan fingerprint density at radius 1 is 0.488 bits per heavy atom. The molecule has 0 spiro atoms. The number of rotatable bonds is 8. The Labute approximate surface area is 239 Å². The molecule has 0 bridgehead atoms. The second-order valence-electron chi connectivity index (χ2n) is 11.4. The lowest BCUT2D eigenvalue weighted by Gasteiger charge is -2.34. The average Bonchev–Trinajstić information content (AvgIpc) is 2.96. The highest BCUT2D eigenvalue weighted by Gasteiger charge is 2.34. The van der Waals surface area contributed by atoms with Gasteiger partial charge >= 0.3 is 0 Å². The molecular formula is C35H34O6. The fourth-order valence-corrected chi connectivity index (χ4v) is 5.52. The minimum absolute atomic E-state index is 0.0246. The first-order valence-electron chi connectivity index (χ1n) is 13.3. The lowest BCUT2D eigenvalue weighted by molar-refractivity contribution is 0.111. The van der Waals surface area contributed by atoms with E-state index in [-0.39, 0.29) is 33.9 Å². The van der Waals surface area contributed by atoms with E-state index in [4.69, 9.17) is 0 Å². The van der Waals surface area contributed by atoms with Crippen LogP contribution in [-0.2, 0) is 10.8 Å². The molecule has 0 saturated carbocycles. The molecule has 4 rings (SSSR count). The SMILES string of the molecule is Cc1cc(C(C)(C)c2ccc(C(C)(c3cc(C)c(O)c(C=O)c3)c3cc(C)c(O)c(C=O)c3)cc2)cc(C=O)c1O. The Bertz CT molecular complexity index is 1620. The minimum atomic E-state index is -0.880.